The second-order valence-corrected chi connectivity index (χ2v) is 8.49. The molecular formula is C23H24Cl2N4O2. The Morgan fingerprint density at radius 1 is 1.00 bits per heavy atom. The molecule has 6 nitrogen and oxygen atoms in total. The summed E-state index contributed by atoms with van der Waals surface area (Å²) in [7, 11) is 0. The second-order valence-electron chi connectivity index (χ2n) is 7.62. The first-order chi connectivity index (χ1) is 15.0. The van der Waals surface area contributed by atoms with Crippen LogP contribution in [-0.4, -0.2) is 51.7 Å². The Hall–Kier alpha value is -2.54. The number of ether oxygens (including phenoxy) is 1. The number of nitrogens with zero attached hydrogens (tertiary/aromatic N) is 4. The van der Waals surface area contributed by atoms with Crippen molar-refractivity contribution in [3.05, 3.63) is 81.6 Å². The Balaban J connectivity index is 1.28. The molecule has 8 heteroatoms. The van der Waals surface area contributed by atoms with Crippen LogP contribution >= 0.6 is 23.2 Å². The van der Waals surface area contributed by atoms with Gasteiger partial charge < -0.3 is 9.64 Å². The Morgan fingerprint density at radius 3 is 2.42 bits per heavy atom. The summed E-state index contributed by atoms with van der Waals surface area (Å²) in [5.74, 6) is 0.692. The van der Waals surface area contributed by atoms with Gasteiger partial charge in [0.05, 0.1) is 0 Å². The molecule has 1 aromatic heterocycles. The van der Waals surface area contributed by atoms with Crippen molar-refractivity contribution < 1.29 is 9.53 Å². The van der Waals surface area contributed by atoms with E-state index in [0.29, 0.717) is 23.8 Å². The third-order valence-electron chi connectivity index (χ3n) is 5.33. The van der Waals surface area contributed by atoms with Gasteiger partial charge >= 0.3 is 0 Å². The molecule has 0 atom stereocenters. The molecular weight excluding hydrogens is 435 g/mol. The van der Waals surface area contributed by atoms with Crippen LogP contribution in [0, 0.1) is 6.92 Å². The summed E-state index contributed by atoms with van der Waals surface area (Å²) in [6.07, 6.45) is 1.76. The molecule has 1 saturated heterocycles. The summed E-state index contributed by atoms with van der Waals surface area (Å²) < 4.78 is 7.42. The fraction of sp³-hybridized carbons (Fsp3) is 0.304. The first kappa shape index (κ1) is 21.7. The van der Waals surface area contributed by atoms with Gasteiger partial charge in [0.2, 0.25) is 0 Å². The highest BCUT2D eigenvalue weighted by molar-refractivity contribution is 6.30. The lowest BCUT2D eigenvalue weighted by atomic mass is 10.2. The molecule has 0 spiro atoms. The number of piperazine rings is 1. The Bertz CT molecular complexity index is 1040. The molecule has 0 saturated carbocycles. The van der Waals surface area contributed by atoms with Gasteiger partial charge in [-0.3, -0.25) is 9.69 Å². The molecule has 2 aromatic carbocycles. The lowest BCUT2D eigenvalue weighted by Gasteiger charge is -2.34. The largest absolute Gasteiger partial charge is 0.471 e. The highest BCUT2D eigenvalue weighted by Gasteiger charge is 2.23. The van der Waals surface area contributed by atoms with Crippen LogP contribution in [0.1, 0.15) is 21.6 Å². The Morgan fingerprint density at radius 2 is 1.71 bits per heavy atom. The van der Waals surface area contributed by atoms with E-state index in [1.807, 2.05) is 48.2 Å². The molecule has 31 heavy (non-hydrogen) atoms. The zero-order valence-electron chi connectivity index (χ0n) is 17.3. The first-order valence-corrected chi connectivity index (χ1v) is 10.9. The summed E-state index contributed by atoms with van der Waals surface area (Å²) in [6, 6.07) is 15.1. The predicted molar refractivity (Wildman–Crippen MR) is 122 cm³/mol. The molecule has 0 N–H and O–H groups in total. The molecule has 0 aliphatic carbocycles. The number of carbonyl (C=O) groups is 1. The fourth-order valence-electron chi connectivity index (χ4n) is 3.58. The maximum atomic E-state index is 12.8. The first-order valence-electron chi connectivity index (χ1n) is 10.2. The van der Waals surface area contributed by atoms with Gasteiger partial charge in [-0.2, -0.15) is 5.10 Å². The molecule has 0 bridgehead atoms. The molecule has 0 unspecified atom stereocenters. The van der Waals surface area contributed by atoms with Crippen LogP contribution in [0.2, 0.25) is 10.0 Å². The number of aromatic nitrogens is 2. The van der Waals surface area contributed by atoms with Crippen molar-refractivity contribution in [1.82, 2.24) is 19.6 Å². The minimum absolute atomic E-state index is 0.0485. The predicted octanol–water partition coefficient (Wildman–Crippen LogP) is 4.49. The van der Waals surface area contributed by atoms with E-state index < -0.39 is 0 Å². The van der Waals surface area contributed by atoms with E-state index >= 15 is 0 Å². The molecule has 1 aliphatic rings. The van der Waals surface area contributed by atoms with Gasteiger partial charge in [0.25, 0.3) is 5.91 Å². The number of halogens is 2. The van der Waals surface area contributed by atoms with E-state index in [-0.39, 0.29) is 12.6 Å². The van der Waals surface area contributed by atoms with Crippen molar-refractivity contribution in [3.8, 4) is 5.75 Å². The van der Waals surface area contributed by atoms with Gasteiger partial charge in [-0.25, -0.2) is 4.68 Å². The van der Waals surface area contributed by atoms with Crippen molar-refractivity contribution in [3.63, 3.8) is 0 Å². The van der Waals surface area contributed by atoms with Crippen molar-refractivity contribution >= 4 is 29.1 Å². The highest BCUT2D eigenvalue weighted by atomic mass is 35.5. The zero-order valence-corrected chi connectivity index (χ0v) is 18.8. The molecule has 1 aliphatic heterocycles. The zero-order chi connectivity index (χ0) is 21.8. The summed E-state index contributed by atoms with van der Waals surface area (Å²) in [5.41, 5.74) is 2.61. The monoisotopic (exact) mass is 458 g/mol. The average Bonchev–Trinajstić information content (AvgIpc) is 3.24. The highest BCUT2D eigenvalue weighted by Crippen LogP contribution is 2.22. The van der Waals surface area contributed by atoms with E-state index in [2.05, 4.69) is 10.00 Å². The maximum Gasteiger partial charge on any atom is 0.274 e. The quantitative estimate of drug-likeness (QED) is 0.545. The van der Waals surface area contributed by atoms with E-state index in [1.165, 1.54) is 5.56 Å². The minimum Gasteiger partial charge on any atom is -0.471 e. The number of benzene rings is 2. The van der Waals surface area contributed by atoms with Crippen LogP contribution in [0.5, 0.6) is 5.75 Å². The van der Waals surface area contributed by atoms with E-state index in [4.69, 9.17) is 27.9 Å². The molecule has 162 valence electrons. The van der Waals surface area contributed by atoms with E-state index in [1.54, 1.807) is 23.0 Å². The number of hydrogen-bond acceptors (Lipinski definition) is 4. The molecule has 3 aromatic rings. The summed E-state index contributed by atoms with van der Waals surface area (Å²) in [4.78, 5) is 17.0. The third kappa shape index (κ3) is 5.58. The van der Waals surface area contributed by atoms with Crippen LogP contribution in [0.25, 0.3) is 0 Å². The van der Waals surface area contributed by atoms with E-state index in [0.717, 1.165) is 36.0 Å². The topological polar surface area (TPSA) is 50.6 Å². The second kappa shape index (κ2) is 9.73. The van der Waals surface area contributed by atoms with Crippen molar-refractivity contribution in [2.75, 3.05) is 26.2 Å². The molecule has 2 heterocycles. The normalized spacial score (nSPS) is 14.6. The van der Waals surface area contributed by atoms with Crippen molar-refractivity contribution in [2.24, 2.45) is 0 Å². The third-order valence-corrected chi connectivity index (χ3v) is 5.82. The molecule has 0 radical (unpaired) electrons. The minimum atomic E-state index is -0.0485. The lowest BCUT2D eigenvalue weighted by Crippen LogP contribution is -2.48. The van der Waals surface area contributed by atoms with Crippen molar-refractivity contribution in [1.29, 1.82) is 0 Å². The number of hydrogen-bond donors (Lipinski definition) is 0. The smallest absolute Gasteiger partial charge is 0.274 e. The van der Waals surface area contributed by atoms with Gasteiger partial charge in [-0.05, 0) is 54.4 Å². The van der Waals surface area contributed by atoms with Gasteiger partial charge in [0, 0.05) is 49.0 Å². The van der Waals surface area contributed by atoms with Crippen LogP contribution in [0.4, 0.5) is 0 Å². The number of aryl methyl sites for hydroxylation is 1. The van der Waals surface area contributed by atoms with Gasteiger partial charge in [-0.15, -0.1) is 0 Å². The van der Waals surface area contributed by atoms with Crippen LogP contribution in [-0.2, 0) is 13.3 Å². The molecule has 1 amide bonds. The molecule has 4 rings (SSSR count). The molecule has 1 fully saturated rings. The summed E-state index contributed by atoms with van der Waals surface area (Å²) in [6.45, 7) is 6.04. The number of rotatable bonds is 6. The maximum absolute atomic E-state index is 12.8. The standard InChI is InChI=1S/C23H24Cl2N4O2/c1-17-14-20(25)6-7-22(17)31-16-29-9-8-21(26-29)23(30)28-12-10-27(11-13-28)15-18-2-4-19(24)5-3-18/h2-9,14H,10-13,15-16H2,1H3. The van der Waals surface area contributed by atoms with Gasteiger partial charge in [0.15, 0.2) is 12.4 Å². The van der Waals surface area contributed by atoms with Crippen molar-refractivity contribution in [2.45, 2.75) is 20.2 Å². The van der Waals surface area contributed by atoms with Crippen LogP contribution in [0.15, 0.2) is 54.7 Å². The van der Waals surface area contributed by atoms with Gasteiger partial charge in [0.1, 0.15) is 5.75 Å². The summed E-state index contributed by atoms with van der Waals surface area (Å²) >= 11 is 11.9. The van der Waals surface area contributed by atoms with E-state index in [9.17, 15) is 4.79 Å². The lowest BCUT2D eigenvalue weighted by molar-refractivity contribution is 0.0621. The number of amides is 1. The Labute approximate surface area is 191 Å². The SMILES string of the molecule is Cc1cc(Cl)ccc1OCn1ccc(C(=O)N2CCN(Cc3ccc(Cl)cc3)CC2)n1. The van der Waals surface area contributed by atoms with Crippen LogP contribution < -0.4 is 4.74 Å². The number of carbonyl (C=O) groups excluding carboxylic acids is 1. The van der Waals surface area contributed by atoms with Gasteiger partial charge in [-0.1, -0.05) is 35.3 Å². The van der Waals surface area contributed by atoms with Crippen LogP contribution in [0.3, 0.4) is 0 Å². The average molecular weight is 459 g/mol. The Kier molecular flexibility index (Phi) is 6.80. The fourth-order valence-corrected chi connectivity index (χ4v) is 3.93. The summed E-state index contributed by atoms with van der Waals surface area (Å²) in [5, 5.41) is 5.81.